The summed E-state index contributed by atoms with van der Waals surface area (Å²) in [5, 5.41) is 7.73. The largest absolute Gasteiger partial charge is 0.454 e. The first kappa shape index (κ1) is 19.4. The number of fused-ring (bicyclic) bond motifs is 1. The van der Waals surface area contributed by atoms with Gasteiger partial charge in [-0.15, -0.1) is 0 Å². The van der Waals surface area contributed by atoms with E-state index in [-0.39, 0.29) is 12.7 Å². The first-order valence-corrected chi connectivity index (χ1v) is 10.6. The second kappa shape index (κ2) is 8.63. The standard InChI is InChI=1S/C24H24N4O3/c29-24(11-9-17-8-10-22-23(13-17)31-16-30-22)26-15-18-14-21(20-7-3-4-12-25-20)28(27-18)19-5-1-2-6-19/h3-4,7-14,19H,1-2,5-6,15-16H2,(H,26,29). The smallest absolute Gasteiger partial charge is 0.244 e. The molecule has 1 aromatic carbocycles. The Kier molecular flexibility index (Phi) is 5.39. The number of nitrogens with one attached hydrogen (secondary N) is 1. The number of benzene rings is 1. The summed E-state index contributed by atoms with van der Waals surface area (Å²) in [5.74, 6) is 1.25. The third-order valence-corrected chi connectivity index (χ3v) is 5.65. The summed E-state index contributed by atoms with van der Waals surface area (Å²) in [5.41, 5.74) is 3.62. The molecule has 1 aliphatic carbocycles. The molecule has 31 heavy (non-hydrogen) atoms. The highest BCUT2D eigenvalue weighted by Gasteiger charge is 2.22. The SMILES string of the molecule is O=C(C=Cc1ccc2c(c1)OCO2)NCc1cc(-c2ccccn2)n(C2CCCC2)n1. The van der Waals surface area contributed by atoms with Crippen LogP contribution in [-0.4, -0.2) is 27.5 Å². The molecule has 1 aliphatic heterocycles. The molecule has 0 atom stereocenters. The van der Waals surface area contributed by atoms with Crippen LogP contribution in [-0.2, 0) is 11.3 Å². The lowest BCUT2D eigenvalue weighted by Crippen LogP contribution is -2.20. The molecule has 3 heterocycles. The van der Waals surface area contributed by atoms with Gasteiger partial charge in [0.1, 0.15) is 0 Å². The Morgan fingerprint density at radius 2 is 2.00 bits per heavy atom. The number of nitrogens with zero attached hydrogens (tertiary/aromatic N) is 3. The fraction of sp³-hybridized carbons (Fsp3) is 0.292. The molecule has 1 N–H and O–H groups in total. The second-order valence-corrected chi connectivity index (χ2v) is 7.78. The van der Waals surface area contributed by atoms with Gasteiger partial charge in [-0.25, -0.2) is 0 Å². The molecule has 2 aromatic heterocycles. The van der Waals surface area contributed by atoms with Crippen LogP contribution in [0.5, 0.6) is 11.5 Å². The average Bonchev–Trinajstić information content (AvgIpc) is 3.56. The highest BCUT2D eigenvalue weighted by Crippen LogP contribution is 2.34. The molecule has 0 radical (unpaired) electrons. The Hall–Kier alpha value is -3.61. The van der Waals surface area contributed by atoms with Crippen LogP contribution in [0.25, 0.3) is 17.5 Å². The number of hydrogen-bond donors (Lipinski definition) is 1. The Bertz CT molecular complexity index is 1100. The van der Waals surface area contributed by atoms with E-state index < -0.39 is 0 Å². The topological polar surface area (TPSA) is 78.3 Å². The third-order valence-electron chi connectivity index (χ3n) is 5.65. The third kappa shape index (κ3) is 4.30. The van der Waals surface area contributed by atoms with Gasteiger partial charge < -0.3 is 14.8 Å². The van der Waals surface area contributed by atoms with E-state index in [9.17, 15) is 4.79 Å². The zero-order valence-corrected chi connectivity index (χ0v) is 17.2. The van der Waals surface area contributed by atoms with Gasteiger partial charge >= 0.3 is 0 Å². The minimum Gasteiger partial charge on any atom is -0.454 e. The maximum absolute atomic E-state index is 12.3. The van der Waals surface area contributed by atoms with Crippen LogP contribution in [0.3, 0.4) is 0 Å². The van der Waals surface area contributed by atoms with Crippen LogP contribution in [0.2, 0.25) is 0 Å². The molecule has 7 nitrogen and oxygen atoms in total. The molecule has 0 spiro atoms. The summed E-state index contributed by atoms with van der Waals surface area (Å²) in [6.07, 6.45) is 9.78. The van der Waals surface area contributed by atoms with Crippen molar-refractivity contribution in [3.05, 3.63) is 66.0 Å². The Morgan fingerprint density at radius 1 is 1.13 bits per heavy atom. The number of carbonyl (C=O) groups is 1. The molecule has 2 aliphatic rings. The van der Waals surface area contributed by atoms with Gasteiger partial charge in [0.2, 0.25) is 12.7 Å². The molecular weight excluding hydrogens is 392 g/mol. The number of pyridine rings is 1. The van der Waals surface area contributed by atoms with Gasteiger partial charge in [-0.2, -0.15) is 5.10 Å². The Labute approximate surface area is 180 Å². The van der Waals surface area contributed by atoms with E-state index in [0.717, 1.165) is 41.2 Å². The predicted octanol–water partition coefficient (Wildman–Crippen LogP) is 4.12. The van der Waals surface area contributed by atoms with Crippen molar-refractivity contribution in [1.29, 1.82) is 0 Å². The lowest BCUT2D eigenvalue weighted by molar-refractivity contribution is -0.116. The molecule has 1 fully saturated rings. The fourth-order valence-electron chi connectivity index (χ4n) is 4.09. The molecule has 1 amide bonds. The summed E-state index contributed by atoms with van der Waals surface area (Å²) in [6.45, 7) is 0.598. The first-order valence-electron chi connectivity index (χ1n) is 10.6. The van der Waals surface area contributed by atoms with Crippen molar-refractivity contribution in [3.63, 3.8) is 0 Å². The van der Waals surface area contributed by atoms with Crippen molar-refractivity contribution in [2.75, 3.05) is 6.79 Å². The van der Waals surface area contributed by atoms with Crippen LogP contribution in [0.1, 0.15) is 43.0 Å². The Morgan fingerprint density at radius 3 is 2.84 bits per heavy atom. The highest BCUT2D eigenvalue weighted by molar-refractivity contribution is 5.91. The number of rotatable bonds is 6. The maximum atomic E-state index is 12.3. The zero-order valence-electron chi connectivity index (χ0n) is 17.2. The van der Waals surface area contributed by atoms with Gasteiger partial charge in [0, 0.05) is 12.3 Å². The van der Waals surface area contributed by atoms with Crippen molar-refractivity contribution in [2.45, 2.75) is 38.3 Å². The summed E-state index contributed by atoms with van der Waals surface area (Å²) >= 11 is 0. The van der Waals surface area contributed by atoms with Crippen LogP contribution in [0.4, 0.5) is 0 Å². The van der Waals surface area contributed by atoms with Crippen LogP contribution in [0.15, 0.2) is 54.7 Å². The average molecular weight is 416 g/mol. The van der Waals surface area contributed by atoms with E-state index in [4.69, 9.17) is 14.6 Å². The molecule has 3 aromatic rings. The van der Waals surface area contributed by atoms with Gasteiger partial charge in [-0.05, 0) is 54.8 Å². The van der Waals surface area contributed by atoms with Crippen LogP contribution >= 0.6 is 0 Å². The molecule has 0 saturated heterocycles. The molecule has 7 heteroatoms. The summed E-state index contributed by atoms with van der Waals surface area (Å²) < 4.78 is 12.8. The van der Waals surface area contributed by atoms with E-state index >= 15 is 0 Å². The molecule has 0 bridgehead atoms. The zero-order chi connectivity index (χ0) is 21.0. The van der Waals surface area contributed by atoms with Gasteiger partial charge in [0.25, 0.3) is 0 Å². The minimum atomic E-state index is -0.174. The number of carbonyl (C=O) groups excluding carboxylic acids is 1. The van der Waals surface area contributed by atoms with Crippen molar-refractivity contribution in [2.24, 2.45) is 0 Å². The van der Waals surface area contributed by atoms with Gasteiger partial charge in [0.05, 0.1) is 29.7 Å². The molecular formula is C24H24N4O3. The number of amides is 1. The summed E-state index contributed by atoms with van der Waals surface area (Å²) in [6, 6.07) is 13.9. The number of hydrogen-bond acceptors (Lipinski definition) is 5. The second-order valence-electron chi connectivity index (χ2n) is 7.78. The van der Waals surface area contributed by atoms with Crippen molar-refractivity contribution in [3.8, 4) is 22.9 Å². The monoisotopic (exact) mass is 416 g/mol. The van der Waals surface area contributed by atoms with Gasteiger partial charge in [-0.1, -0.05) is 25.0 Å². The molecule has 0 unspecified atom stereocenters. The van der Waals surface area contributed by atoms with E-state index in [1.165, 1.54) is 18.9 Å². The lowest BCUT2D eigenvalue weighted by atomic mass is 10.2. The highest BCUT2D eigenvalue weighted by atomic mass is 16.7. The Balaban J connectivity index is 1.27. The number of ether oxygens (including phenoxy) is 2. The molecule has 1 saturated carbocycles. The van der Waals surface area contributed by atoms with Crippen molar-refractivity contribution in [1.82, 2.24) is 20.1 Å². The van der Waals surface area contributed by atoms with E-state index in [1.807, 2.05) is 42.5 Å². The predicted molar refractivity (Wildman–Crippen MR) is 116 cm³/mol. The number of aromatic nitrogens is 3. The van der Waals surface area contributed by atoms with Gasteiger partial charge in [0.15, 0.2) is 11.5 Å². The van der Waals surface area contributed by atoms with Gasteiger partial charge in [-0.3, -0.25) is 14.5 Å². The van der Waals surface area contributed by atoms with E-state index in [2.05, 4.69) is 15.0 Å². The normalized spacial score (nSPS) is 15.6. The summed E-state index contributed by atoms with van der Waals surface area (Å²) in [4.78, 5) is 16.8. The van der Waals surface area contributed by atoms with Crippen LogP contribution < -0.4 is 14.8 Å². The first-order chi connectivity index (χ1) is 15.3. The van der Waals surface area contributed by atoms with Crippen molar-refractivity contribution < 1.29 is 14.3 Å². The minimum absolute atomic E-state index is 0.174. The molecule has 158 valence electrons. The maximum Gasteiger partial charge on any atom is 0.244 e. The molecule has 5 rings (SSSR count). The fourth-order valence-corrected chi connectivity index (χ4v) is 4.09. The summed E-state index contributed by atoms with van der Waals surface area (Å²) in [7, 11) is 0. The quantitative estimate of drug-likeness (QED) is 0.612. The van der Waals surface area contributed by atoms with E-state index in [1.54, 1.807) is 12.3 Å². The van der Waals surface area contributed by atoms with Crippen LogP contribution in [0, 0.1) is 0 Å². The van der Waals surface area contributed by atoms with E-state index in [0.29, 0.717) is 18.3 Å². The van der Waals surface area contributed by atoms with Crippen molar-refractivity contribution >= 4 is 12.0 Å². The lowest BCUT2D eigenvalue weighted by Gasteiger charge is -2.13.